The van der Waals surface area contributed by atoms with Crippen molar-refractivity contribution in [2.45, 2.75) is 11.3 Å². The number of aromatic nitrogens is 2. The van der Waals surface area contributed by atoms with Gasteiger partial charge in [-0.25, -0.2) is 17.9 Å². The summed E-state index contributed by atoms with van der Waals surface area (Å²) in [5.74, 6) is 0. The van der Waals surface area contributed by atoms with Crippen LogP contribution < -0.4 is 16.0 Å². The average Bonchev–Trinajstić information content (AvgIpc) is 2.55. The quantitative estimate of drug-likeness (QED) is 0.633. The van der Waals surface area contributed by atoms with E-state index in [4.69, 9.17) is 0 Å². The molecule has 3 rings (SSSR count). The van der Waals surface area contributed by atoms with Crippen LogP contribution in [0.1, 0.15) is 5.56 Å². The number of nitrogens with one attached hydrogen (secondary N) is 3. The lowest BCUT2D eigenvalue weighted by atomic mass is 10.2. The van der Waals surface area contributed by atoms with Crippen molar-refractivity contribution in [3.8, 4) is 0 Å². The van der Waals surface area contributed by atoms with Gasteiger partial charge in [-0.3, -0.25) is 9.78 Å². The Bertz CT molecular complexity index is 1090. The van der Waals surface area contributed by atoms with Gasteiger partial charge in [0.15, 0.2) is 0 Å². The van der Waals surface area contributed by atoms with Crippen LogP contribution >= 0.6 is 0 Å². The molecule has 0 atom stereocenters. The van der Waals surface area contributed by atoms with Crippen molar-refractivity contribution in [2.24, 2.45) is 0 Å². The fourth-order valence-corrected chi connectivity index (χ4v) is 3.43. The van der Waals surface area contributed by atoms with E-state index in [1.807, 2.05) is 30.3 Å². The molecule has 0 spiro atoms. The predicted molar refractivity (Wildman–Crippen MR) is 90.5 cm³/mol. The Balaban J connectivity index is 1.83. The second-order valence-electron chi connectivity index (χ2n) is 5.25. The number of fused-ring (bicyclic) bond motifs is 1. The van der Waals surface area contributed by atoms with Crippen LogP contribution in [0, 0.1) is 0 Å². The topological polar surface area (TPSA) is 112 Å². The number of aromatic amines is 2. The van der Waals surface area contributed by atoms with Crippen molar-refractivity contribution in [1.29, 1.82) is 0 Å². The van der Waals surface area contributed by atoms with Crippen LogP contribution in [0.3, 0.4) is 0 Å². The Labute approximate surface area is 137 Å². The lowest BCUT2D eigenvalue weighted by Crippen LogP contribution is -2.27. The minimum absolute atomic E-state index is 0.0272. The maximum Gasteiger partial charge on any atom is 0.326 e. The van der Waals surface area contributed by atoms with Gasteiger partial charge < -0.3 is 4.98 Å². The Morgan fingerprint density at radius 1 is 0.958 bits per heavy atom. The summed E-state index contributed by atoms with van der Waals surface area (Å²) < 4.78 is 27.2. The van der Waals surface area contributed by atoms with Gasteiger partial charge in [-0.2, -0.15) is 0 Å². The summed E-state index contributed by atoms with van der Waals surface area (Å²) >= 11 is 0. The number of hydrogen-bond acceptors (Lipinski definition) is 4. The van der Waals surface area contributed by atoms with Gasteiger partial charge in [-0.1, -0.05) is 30.3 Å². The molecule has 24 heavy (non-hydrogen) atoms. The third-order valence-electron chi connectivity index (χ3n) is 3.57. The van der Waals surface area contributed by atoms with E-state index in [2.05, 4.69) is 14.7 Å². The summed E-state index contributed by atoms with van der Waals surface area (Å²) in [4.78, 5) is 27.5. The minimum atomic E-state index is -3.74. The van der Waals surface area contributed by atoms with E-state index in [0.717, 1.165) is 5.56 Å². The highest BCUT2D eigenvalue weighted by Gasteiger charge is 2.15. The van der Waals surface area contributed by atoms with Gasteiger partial charge in [0.1, 0.15) is 0 Å². The number of benzene rings is 2. The molecule has 0 fully saturated rings. The maximum atomic E-state index is 12.3. The minimum Gasteiger partial charge on any atom is -0.307 e. The van der Waals surface area contributed by atoms with Crippen LogP contribution in [0.25, 0.3) is 10.9 Å². The predicted octanol–water partition coefficient (Wildman–Crippen LogP) is 0.737. The third-order valence-corrected chi connectivity index (χ3v) is 5.03. The van der Waals surface area contributed by atoms with Crippen LogP contribution in [0.2, 0.25) is 0 Å². The summed E-state index contributed by atoms with van der Waals surface area (Å²) in [6.45, 7) is 0.242. The molecule has 124 valence electrons. The molecule has 3 N–H and O–H groups in total. The first kappa shape index (κ1) is 16.2. The van der Waals surface area contributed by atoms with E-state index in [-0.39, 0.29) is 22.3 Å². The van der Waals surface area contributed by atoms with Crippen molar-refractivity contribution in [3.63, 3.8) is 0 Å². The normalized spacial score (nSPS) is 11.7. The molecule has 0 saturated carbocycles. The first-order valence-electron chi connectivity index (χ1n) is 7.26. The van der Waals surface area contributed by atoms with E-state index in [0.29, 0.717) is 6.42 Å². The highest BCUT2D eigenvalue weighted by atomic mass is 32.2. The van der Waals surface area contributed by atoms with Crippen LogP contribution in [0.15, 0.2) is 63.0 Å². The fourth-order valence-electron chi connectivity index (χ4n) is 2.37. The molecule has 0 aliphatic rings. The molecule has 0 radical (unpaired) electrons. The number of H-pyrrole nitrogens is 2. The number of rotatable bonds is 5. The molecule has 0 saturated heterocycles. The van der Waals surface area contributed by atoms with E-state index in [1.165, 1.54) is 18.2 Å². The van der Waals surface area contributed by atoms with Gasteiger partial charge in [0.25, 0.3) is 5.56 Å². The van der Waals surface area contributed by atoms with Gasteiger partial charge in [0.2, 0.25) is 10.0 Å². The van der Waals surface area contributed by atoms with Crippen LogP contribution in [0.4, 0.5) is 0 Å². The smallest absolute Gasteiger partial charge is 0.307 e. The standard InChI is InChI=1S/C16H15N3O4S/c20-15-13-10-12(6-7-14(13)18-16(21)19-15)24(22,23)17-9-8-11-4-2-1-3-5-11/h1-7,10,17H,8-9H2,(H2,18,19,20,21). The van der Waals surface area contributed by atoms with Crippen molar-refractivity contribution in [1.82, 2.24) is 14.7 Å². The van der Waals surface area contributed by atoms with E-state index in [9.17, 15) is 18.0 Å². The maximum absolute atomic E-state index is 12.3. The molecule has 1 aromatic heterocycles. The van der Waals surface area contributed by atoms with E-state index in [1.54, 1.807) is 0 Å². The molecule has 0 aliphatic heterocycles. The molecule has 1 heterocycles. The van der Waals surface area contributed by atoms with Gasteiger partial charge in [-0.15, -0.1) is 0 Å². The van der Waals surface area contributed by atoms with Crippen molar-refractivity contribution < 1.29 is 8.42 Å². The zero-order chi connectivity index (χ0) is 17.2. The van der Waals surface area contributed by atoms with Gasteiger partial charge in [-0.05, 0) is 30.2 Å². The Kier molecular flexibility index (Phi) is 4.32. The van der Waals surface area contributed by atoms with E-state index >= 15 is 0 Å². The molecule has 0 bridgehead atoms. The molecule has 7 nitrogen and oxygen atoms in total. The average molecular weight is 345 g/mol. The fraction of sp³-hybridized carbons (Fsp3) is 0.125. The van der Waals surface area contributed by atoms with E-state index < -0.39 is 21.3 Å². The molecule has 2 aromatic carbocycles. The largest absolute Gasteiger partial charge is 0.326 e. The monoisotopic (exact) mass is 345 g/mol. The summed E-state index contributed by atoms with van der Waals surface area (Å²) in [7, 11) is -3.74. The summed E-state index contributed by atoms with van der Waals surface area (Å²) in [6.07, 6.45) is 0.557. The summed E-state index contributed by atoms with van der Waals surface area (Å²) in [5.41, 5.74) is 0.0406. The molecule has 3 aromatic rings. The SMILES string of the molecule is O=c1[nH]c(=O)c2cc(S(=O)(=O)NCCc3ccccc3)ccc2[nH]1. The van der Waals surface area contributed by atoms with Gasteiger partial charge in [0.05, 0.1) is 15.8 Å². The van der Waals surface area contributed by atoms with Gasteiger partial charge in [0, 0.05) is 6.54 Å². The highest BCUT2D eigenvalue weighted by molar-refractivity contribution is 7.89. The second-order valence-corrected chi connectivity index (χ2v) is 7.02. The van der Waals surface area contributed by atoms with Crippen LogP contribution in [-0.4, -0.2) is 24.9 Å². The summed E-state index contributed by atoms with van der Waals surface area (Å²) in [6, 6.07) is 13.5. The van der Waals surface area contributed by atoms with Crippen LogP contribution in [-0.2, 0) is 16.4 Å². The zero-order valence-corrected chi connectivity index (χ0v) is 13.4. The molecule has 8 heteroatoms. The molecule has 0 aliphatic carbocycles. The van der Waals surface area contributed by atoms with Gasteiger partial charge >= 0.3 is 5.69 Å². The first-order valence-corrected chi connectivity index (χ1v) is 8.74. The number of sulfonamides is 1. The van der Waals surface area contributed by atoms with Crippen LogP contribution in [0.5, 0.6) is 0 Å². The Hall–Kier alpha value is -2.71. The molecular weight excluding hydrogens is 330 g/mol. The van der Waals surface area contributed by atoms with Crippen molar-refractivity contribution in [2.75, 3.05) is 6.54 Å². The molecule has 0 amide bonds. The van der Waals surface area contributed by atoms with Crippen molar-refractivity contribution in [3.05, 3.63) is 74.9 Å². The molecule has 0 unspecified atom stereocenters. The first-order chi connectivity index (χ1) is 11.5. The lowest BCUT2D eigenvalue weighted by Gasteiger charge is -2.07. The molecular formula is C16H15N3O4S. The third kappa shape index (κ3) is 3.44. The highest BCUT2D eigenvalue weighted by Crippen LogP contribution is 2.14. The van der Waals surface area contributed by atoms with Crippen molar-refractivity contribution >= 4 is 20.9 Å². The second kappa shape index (κ2) is 6.42. The lowest BCUT2D eigenvalue weighted by molar-refractivity contribution is 0.582. The Morgan fingerprint density at radius 2 is 1.71 bits per heavy atom. The number of hydrogen-bond donors (Lipinski definition) is 3. The zero-order valence-electron chi connectivity index (χ0n) is 12.6. The summed E-state index contributed by atoms with van der Waals surface area (Å²) in [5, 5.41) is 0.112. The Morgan fingerprint density at radius 3 is 2.46 bits per heavy atom.